The van der Waals surface area contributed by atoms with Gasteiger partial charge in [0.15, 0.2) is 0 Å². The first-order chi connectivity index (χ1) is 14.4. The summed E-state index contributed by atoms with van der Waals surface area (Å²) in [5, 5.41) is 0. The molecule has 0 aliphatic carbocycles. The average Bonchev–Trinajstić information content (AvgIpc) is 3.18. The van der Waals surface area contributed by atoms with Crippen LogP contribution in [0.2, 0.25) is 0 Å². The Morgan fingerprint density at radius 3 is 1.00 bits per heavy atom. The fraction of sp³-hybridized carbons (Fsp3) is 0.857. The van der Waals surface area contributed by atoms with Crippen molar-refractivity contribution in [3.63, 3.8) is 0 Å². The van der Waals surface area contributed by atoms with Gasteiger partial charge in [-0.15, -0.1) is 0 Å². The van der Waals surface area contributed by atoms with E-state index in [0.29, 0.717) is 0 Å². The molecule has 1 heteroatoms. The molecular formula is C28H53N. The molecule has 1 aromatic heterocycles. The monoisotopic (exact) mass is 403 g/mol. The molecule has 0 aliphatic rings. The predicted molar refractivity (Wildman–Crippen MR) is 132 cm³/mol. The molecular weight excluding hydrogens is 350 g/mol. The maximum absolute atomic E-state index is 3.36. The van der Waals surface area contributed by atoms with Crippen molar-refractivity contribution in [2.24, 2.45) is 0 Å². The van der Waals surface area contributed by atoms with Crippen LogP contribution in [0.3, 0.4) is 0 Å². The molecule has 170 valence electrons. The largest absolute Gasteiger partial charge is 0.367 e. The number of hydrogen-bond donors (Lipinski definition) is 1. The molecule has 0 amide bonds. The lowest BCUT2D eigenvalue weighted by Crippen LogP contribution is -1.92. The number of unbranched alkanes of at least 4 members (excludes halogenated alkanes) is 18. The van der Waals surface area contributed by atoms with E-state index in [1.807, 2.05) is 0 Å². The summed E-state index contributed by atoms with van der Waals surface area (Å²) in [7, 11) is 0. The van der Waals surface area contributed by atoms with Gasteiger partial charge in [0.05, 0.1) is 0 Å². The van der Waals surface area contributed by atoms with Crippen molar-refractivity contribution in [2.75, 3.05) is 0 Å². The molecule has 1 aromatic rings. The summed E-state index contributed by atoms with van der Waals surface area (Å²) in [5.41, 5.74) is 3.19. The maximum Gasteiger partial charge on any atom is 0.00401 e. The molecule has 0 saturated heterocycles. The molecule has 0 unspecified atom stereocenters. The number of aromatic amines is 1. The van der Waals surface area contributed by atoms with E-state index in [9.17, 15) is 0 Å². The lowest BCUT2D eigenvalue weighted by Gasteiger charge is -2.05. The van der Waals surface area contributed by atoms with Crippen molar-refractivity contribution in [3.05, 3.63) is 23.5 Å². The van der Waals surface area contributed by atoms with E-state index < -0.39 is 0 Å². The van der Waals surface area contributed by atoms with E-state index in [1.165, 1.54) is 141 Å². The Bertz CT molecular complexity index is 433. The van der Waals surface area contributed by atoms with Crippen LogP contribution in [-0.4, -0.2) is 4.98 Å². The van der Waals surface area contributed by atoms with Gasteiger partial charge in [0.1, 0.15) is 0 Å². The zero-order valence-electron chi connectivity index (χ0n) is 20.2. The summed E-state index contributed by atoms with van der Waals surface area (Å²) in [4.78, 5) is 3.36. The average molecular weight is 404 g/mol. The van der Waals surface area contributed by atoms with Crippen LogP contribution in [0.1, 0.15) is 153 Å². The van der Waals surface area contributed by atoms with Gasteiger partial charge in [0.2, 0.25) is 0 Å². The van der Waals surface area contributed by atoms with Gasteiger partial charge in [0, 0.05) is 12.4 Å². The summed E-state index contributed by atoms with van der Waals surface area (Å²) >= 11 is 0. The number of aryl methyl sites for hydroxylation is 2. The third-order valence-electron chi connectivity index (χ3n) is 6.53. The van der Waals surface area contributed by atoms with Gasteiger partial charge in [-0.25, -0.2) is 0 Å². The normalized spacial score (nSPS) is 11.4. The number of aromatic nitrogens is 1. The van der Waals surface area contributed by atoms with Gasteiger partial charge < -0.3 is 4.98 Å². The molecule has 0 fully saturated rings. The van der Waals surface area contributed by atoms with Crippen LogP contribution in [0.4, 0.5) is 0 Å². The van der Waals surface area contributed by atoms with Gasteiger partial charge in [0.25, 0.3) is 0 Å². The summed E-state index contributed by atoms with van der Waals surface area (Å²) in [6.45, 7) is 4.60. The molecule has 0 aromatic carbocycles. The van der Waals surface area contributed by atoms with Crippen molar-refractivity contribution in [1.82, 2.24) is 4.98 Å². The molecule has 29 heavy (non-hydrogen) atoms. The highest BCUT2D eigenvalue weighted by Crippen LogP contribution is 2.18. The summed E-state index contributed by atoms with van der Waals surface area (Å²) in [6.07, 6.45) is 35.7. The topological polar surface area (TPSA) is 15.8 Å². The first-order valence-corrected chi connectivity index (χ1v) is 13.5. The molecule has 1 heterocycles. The van der Waals surface area contributed by atoms with Gasteiger partial charge in [-0.3, -0.25) is 0 Å². The Hall–Kier alpha value is -0.720. The molecule has 1 rings (SSSR count). The maximum atomic E-state index is 3.36. The second kappa shape index (κ2) is 20.5. The third kappa shape index (κ3) is 15.7. The first-order valence-electron chi connectivity index (χ1n) is 13.5. The fourth-order valence-electron chi connectivity index (χ4n) is 4.50. The third-order valence-corrected chi connectivity index (χ3v) is 6.53. The molecule has 1 nitrogen and oxygen atoms in total. The fourth-order valence-corrected chi connectivity index (χ4v) is 4.50. The predicted octanol–water partition coefficient (Wildman–Crippen LogP) is 9.94. The molecule has 0 aliphatic heterocycles. The lowest BCUT2D eigenvalue weighted by atomic mass is 10.00. The molecule has 0 radical (unpaired) electrons. The van der Waals surface area contributed by atoms with E-state index in [2.05, 4.69) is 31.2 Å². The summed E-state index contributed by atoms with van der Waals surface area (Å²) < 4.78 is 0. The standard InChI is InChI=1S/C28H53N/c1-3-5-7-9-11-12-13-14-15-16-17-18-20-22-24-28-26-29-25-27(28)23-21-19-10-8-6-4-2/h25-26,29H,3-24H2,1-2H3. The number of H-pyrrole nitrogens is 1. The van der Waals surface area contributed by atoms with Crippen molar-refractivity contribution < 1.29 is 0 Å². The van der Waals surface area contributed by atoms with Crippen molar-refractivity contribution in [1.29, 1.82) is 0 Å². The smallest absolute Gasteiger partial charge is 0.00401 e. The minimum absolute atomic E-state index is 1.28. The number of rotatable bonds is 22. The van der Waals surface area contributed by atoms with Crippen LogP contribution in [0.5, 0.6) is 0 Å². The van der Waals surface area contributed by atoms with Crippen LogP contribution < -0.4 is 0 Å². The second-order valence-corrected chi connectivity index (χ2v) is 9.37. The van der Waals surface area contributed by atoms with Crippen molar-refractivity contribution >= 4 is 0 Å². The number of nitrogens with one attached hydrogen (secondary N) is 1. The van der Waals surface area contributed by atoms with Gasteiger partial charge in [-0.05, 0) is 36.8 Å². The van der Waals surface area contributed by atoms with Crippen LogP contribution in [0.25, 0.3) is 0 Å². The minimum Gasteiger partial charge on any atom is -0.367 e. The molecule has 0 spiro atoms. The highest BCUT2D eigenvalue weighted by Gasteiger charge is 2.04. The lowest BCUT2D eigenvalue weighted by molar-refractivity contribution is 0.535. The quantitative estimate of drug-likeness (QED) is 0.185. The molecule has 1 N–H and O–H groups in total. The zero-order valence-corrected chi connectivity index (χ0v) is 20.2. The molecule has 0 atom stereocenters. The van der Waals surface area contributed by atoms with Gasteiger partial charge in [-0.1, -0.05) is 129 Å². The Morgan fingerprint density at radius 2 is 0.690 bits per heavy atom. The molecule has 0 saturated carbocycles. The second-order valence-electron chi connectivity index (χ2n) is 9.37. The van der Waals surface area contributed by atoms with Crippen LogP contribution >= 0.6 is 0 Å². The molecule has 0 bridgehead atoms. The van der Waals surface area contributed by atoms with Gasteiger partial charge >= 0.3 is 0 Å². The zero-order chi connectivity index (χ0) is 20.8. The summed E-state index contributed by atoms with van der Waals surface area (Å²) in [5.74, 6) is 0. The summed E-state index contributed by atoms with van der Waals surface area (Å²) in [6, 6.07) is 0. The van der Waals surface area contributed by atoms with Crippen LogP contribution in [0, 0.1) is 0 Å². The Morgan fingerprint density at radius 1 is 0.414 bits per heavy atom. The van der Waals surface area contributed by atoms with E-state index in [0.717, 1.165) is 0 Å². The number of hydrogen-bond acceptors (Lipinski definition) is 0. The first kappa shape index (κ1) is 26.3. The SMILES string of the molecule is CCCCCCCCCCCCCCCCc1c[nH]cc1CCCCCCCC. The Kier molecular flexibility index (Phi) is 18.6. The van der Waals surface area contributed by atoms with Crippen molar-refractivity contribution in [2.45, 2.75) is 155 Å². The van der Waals surface area contributed by atoms with E-state index in [-0.39, 0.29) is 0 Å². The van der Waals surface area contributed by atoms with Crippen LogP contribution in [-0.2, 0) is 12.8 Å². The van der Waals surface area contributed by atoms with Crippen molar-refractivity contribution in [3.8, 4) is 0 Å². The highest BCUT2D eigenvalue weighted by atomic mass is 14.6. The highest BCUT2D eigenvalue weighted by molar-refractivity contribution is 5.23. The minimum atomic E-state index is 1.28. The van der Waals surface area contributed by atoms with E-state index >= 15 is 0 Å². The Balaban J connectivity index is 1.88. The van der Waals surface area contributed by atoms with E-state index in [4.69, 9.17) is 0 Å². The van der Waals surface area contributed by atoms with Crippen LogP contribution in [0.15, 0.2) is 12.4 Å². The van der Waals surface area contributed by atoms with Gasteiger partial charge in [-0.2, -0.15) is 0 Å². The Labute approximate surface area is 183 Å². The van der Waals surface area contributed by atoms with E-state index in [1.54, 1.807) is 11.1 Å².